The molecule has 98 valence electrons. The fourth-order valence-corrected chi connectivity index (χ4v) is 2.43. The molecule has 0 unspecified atom stereocenters. The van der Waals surface area contributed by atoms with Gasteiger partial charge in [-0.2, -0.15) is 0 Å². The average molecular weight is 318 g/mol. The Hall–Kier alpha value is -1.61. The summed E-state index contributed by atoms with van der Waals surface area (Å²) in [4.78, 5) is 14.0. The van der Waals surface area contributed by atoms with E-state index in [-0.39, 0.29) is 5.91 Å². The molecule has 3 heteroatoms. The Labute approximate surface area is 122 Å². The van der Waals surface area contributed by atoms with Crippen LogP contribution in [0.25, 0.3) is 0 Å². The Balaban J connectivity index is 2.32. The molecule has 0 aliphatic rings. The number of rotatable bonds is 4. The first-order valence-corrected chi connectivity index (χ1v) is 7.10. The molecule has 0 saturated carbocycles. The van der Waals surface area contributed by atoms with Gasteiger partial charge in [-0.1, -0.05) is 49.4 Å². The van der Waals surface area contributed by atoms with E-state index in [2.05, 4.69) is 15.9 Å². The second-order valence-electron chi connectivity index (χ2n) is 4.27. The lowest BCUT2D eigenvalue weighted by Gasteiger charge is -2.23. The minimum atomic E-state index is 0.121. The molecule has 0 aromatic heterocycles. The quantitative estimate of drug-likeness (QED) is 0.818. The zero-order valence-electron chi connectivity index (χ0n) is 10.8. The van der Waals surface area contributed by atoms with Crippen LogP contribution in [0.3, 0.4) is 0 Å². The smallest absolute Gasteiger partial charge is 0.227 e. The van der Waals surface area contributed by atoms with E-state index in [0.717, 1.165) is 15.7 Å². The predicted octanol–water partition coefficient (Wildman–Crippen LogP) is 4.39. The molecular weight excluding hydrogens is 302 g/mol. The Morgan fingerprint density at radius 2 is 1.68 bits per heavy atom. The van der Waals surface area contributed by atoms with Crippen LogP contribution in [0.4, 0.5) is 5.69 Å². The van der Waals surface area contributed by atoms with Gasteiger partial charge < -0.3 is 4.90 Å². The third-order valence-corrected chi connectivity index (χ3v) is 3.60. The first-order valence-electron chi connectivity index (χ1n) is 6.31. The minimum absolute atomic E-state index is 0.121. The zero-order valence-corrected chi connectivity index (χ0v) is 12.4. The van der Waals surface area contributed by atoms with Crippen molar-refractivity contribution in [1.82, 2.24) is 0 Å². The molecule has 0 aliphatic carbocycles. The number of hydrogen-bond acceptors (Lipinski definition) is 1. The number of benzene rings is 2. The van der Waals surface area contributed by atoms with E-state index in [1.165, 1.54) is 0 Å². The van der Waals surface area contributed by atoms with Crippen LogP contribution in [-0.4, -0.2) is 5.91 Å². The van der Waals surface area contributed by atoms with E-state index in [9.17, 15) is 4.79 Å². The standard InChI is InChI=1S/C16H16BrNO/c1-2-16(19)18(12-13-8-4-3-5-9-13)15-11-7-6-10-14(15)17/h3-11H,2,12H2,1H3. The topological polar surface area (TPSA) is 20.3 Å². The summed E-state index contributed by atoms with van der Waals surface area (Å²) in [6.45, 7) is 2.48. The lowest BCUT2D eigenvalue weighted by molar-refractivity contribution is -0.118. The van der Waals surface area contributed by atoms with Crippen molar-refractivity contribution >= 4 is 27.5 Å². The van der Waals surface area contributed by atoms with Crippen molar-refractivity contribution in [2.45, 2.75) is 19.9 Å². The first kappa shape index (κ1) is 13.8. The Morgan fingerprint density at radius 3 is 2.32 bits per heavy atom. The van der Waals surface area contributed by atoms with Crippen LogP contribution in [0.1, 0.15) is 18.9 Å². The van der Waals surface area contributed by atoms with E-state index in [0.29, 0.717) is 13.0 Å². The number of carbonyl (C=O) groups is 1. The summed E-state index contributed by atoms with van der Waals surface area (Å²) in [5.74, 6) is 0.121. The van der Waals surface area contributed by atoms with Crippen LogP contribution in [-0.2, 0) is 11.3 Å². The summed E-state index contributed by atoms with van der Waals surface area (Å²) in [5, 5.41) is 0. The second-order valence-corrected chi connectivity index (χ2v) is 5.12. The lowest BCUT2D eigenvalue weighted by Crippen LogP contribution is -2.29. The van der Waals surface area contributed by atoms with Crippen molar-refractivity contribution in [3.8, 4) is 0 Å². The molecule has 2 aromatic rings. The predicted molar refractivity (Wildman–Crippen MR) is 82.1 cm³/mol. The van der Waals surface area contributed by atoms with Gasteiger partial charge >= 0.3 is 0 Å². The molecule has 1 amide bonds. The van der Waals surface area contributed by atoms with Crippen molar-refractivity contribution in [3.05, 3.63) is 64.6 Å². The van der Waals surface area contributed by atoms with Gasteiger partial charge in [-0.15, -0.1) is 0 Å². The molecule has 0 fully saturated rings. The van der Waals surface area contributed by atoms with E-state index >= 15 is 0 Å². The molecule has 0 atom stereocenters. The maximum atomic E-state index is 12.2. The molecule has 0 heterocycles. The highest BCUT2D eigenvalue weighted by Gasteiger charge is 2.16. The fourth-order valence-electron chi connectivity index (χ4n) is 1.94. The molecular formula is C16H16BrNO. The second kappa shape index (κ2) is 6.53. The molecule has 0 spiro atoms. The molecule has 0 N–H and O–H groups in total. The van der Waals surface area contributed by atoms with Gasteiger partial charge in [0.25, 0.3) is 0 Å². The van der Waals surface area contributed by atoms with Crippen molar-refractivity contribution < 1.29 is 4.79 Å². The van der Waals surface area contributed by atoms with Gasteiger partial charge in [-0.05, 0) is 33.6 Å². The molecule has 0 saturated heterocycles. The highest BCUT2D eigenvalue weighted by Crippen LogP contribution is 2.27. The normalized spacial score (nSPS) is 10.2. The first-order chi connectivity index (χ1) is 9.22. The van der Waals surface area contributed by atoms with Crippen molar-refractivity contribution in [2.24, 2.45) is 0 Å². The van der Waals surface area contributed by atoms with Crippen LogP contribution in [0.5, 0.6) is 0 Å². The molecule has 2 nitrogen and oxygen atoms in total. The molecule has 2 aromatic carbocycles. The van der Waals surface area contributed by atoms with Gasteiger partial charge in [-0.3, -0.25) is 4.79 Å². The van der Waals surface area contributed by atoms with Crippen LogP contribution < -0.4 is 4.90 Å². The van der Waals surface area contributed by atoms with E-state index in [1.807, 2.05) is 66.4 Å². The van der Waals surface area contributed by atoms with Crippen molar-refractivity contribution in [3.63, 3.8) is 0 Å². The summed E-state index contributed by atoms with van der Waals surface area (Å²) in [6, 6.07) is 17.8. The summed E-state index contributed by atoms with van der Waals surface area (Å²) < 4.78 is 0.938. The Morgan fingerprint density at radius 1 is 1.05 bits per heavy atom. The van der Waals surface area contributed by atoms with Gasteiger partial charge in [0.05, 0.1) is 12.2 Å². The number of hydrogen-bond donors (Lipinski definition) is 0. The fraction of sp³-hybridized carbons (Fsp3) is 0.188. The highest BCUT2D eigenvalue weighted by atomic mass is 79.9. The van der Waals surface area contributed by atoms with Crippen LogP contribution in [0.2, 0.25) is 0 Å². The van der Waals surface area contributed by atoms with E-state index in [4.69, 9.17) is 0 Å². The minimum Gasteiger partial charge on any atom is -0.307 e. The van der Waals surface area contributed by atoms with Gasteiger partial charge in [-0.25, -0.2) is 0 Å². The zero-order chi connectivity index (χ0) is 13.7. The molecule has 0 aliphatic heterocycles. The molecule has 2 rings (SSSR count). The number of nitrogens with zero attached hydrogens (tertiary/aromatic N) is 1. The lowest BCUT2D eigenvalue weighted by atomic mass is 10.2. The Bertz CT molecular complexity index is 554. The van der Waals surface area contributed by atoms with Gasteiger partial charge in [0.15, 0.2) is 0 Å². The summed E-state index contributed by atoms with van der Waals surface area (Å²) in [5.41, 5.74) is 2.04. The third-order valence-electron chi connectivity index (χ3n) is 2.93. The van der Waals surface area contributed by atoms with Gasteiger partial charge in [0.2, 0.25) is 5.91 Å². The van der Waals surface area contributed by atoms with E-state index < -0.39 is 0 Å². The maximum absolute atomic E-state index is 12.2. The monoisotopic (exact) mass is 317 g/mol. The molecule has 0 bridgehead atoms. The Kier molecular flexibility index (Phi) is 4.74. The van der Waals surface area contributed by atoms with Crippen molar-refractivity contribution in [2.75, 3.05) is 4.90 Å². The van der Waals surface area contributed by atoms with Crippen LogP contribution >= 0.6 is 15.9 Å². The third kappa shape index (κ3) is 3.44. The van der Waals surface area contributed by atoms with Gasteiger partial charge in [0, 0.05) is 10.9 Å². The largest absolute Gasteiger partial charge is 0.307 e. The van der Waals surface area contributed by atoms with Gasteiger partial charge in [0.1, 0.15) is 0 Å². The summed E-state index contributed by atoms with van der Waals surface area (Å²) in [7, 11) is 0. The number of halogens is 1. The number of para-hydroxylation sites is 1. The molecule has 0 radical (unpaired) electrons. The maximum Gasteiger partial charge on any atom is 0.227 e. The van der Waals surface area contributed by atoms with Crippen LogP contribution in [0.15, 0.2) is 59.1 Å². The van der Waals surface area contributed by atoms with E-state index in [1.54, 1.807) is 0 Å². The van der Waals surface area contributed by atoms with Crippen LogP contribution in [0, 0.1) is 0 Å². The number of carbonyl (C=O) groups excluding carboxylic acids is 1. The molecule has 19 heavy (non-hydrogen) atoms. The SMILES string of the molecule is CCC(=O)N(Cc1ccccc1)c1ccccc1Br. The van der Waals surface area contributed by atoms with Crippen molar-refractivity contribution in [1.29, 1.82) is 0 Å². The average Bonchev–Trinajstić information content (AvgIpc) is 2.46. The highest BCUT2D eigenvalue weighted by molar-refractivity contribution is 9.10. The number of amides is 1. The summed E-state index contributed by atoms with van der Waals surface area (Å²) >= 11 is 3.51. The summed E-state index contributed by atoms with van der Waals surface area (Å²) in [6.07, 6.45) is 0.494. The number of anilines is 1.